The minimum atomic E-state index is -4.42. The molecule has 0 spiro atoms. The van der Waals surface area contributed by atoms with Gasteiger partial charge in [-0.15, -0.1) is 0 Å². The molecule has 1 aliphatic heterocycles. The third-order valence-electron chi connectivity index (χ3n) is 3.42. The lowest BCUT2D eigenvalue weighted by atomic mass is 10.1. The summed E-state index contributed by atoms with van der Waals surface area (Å²) in [6, 6.07) is 4.14. The average molecular weight is 308 g/mol. The maximum Gasteiger partial charge on any atom is 0.416 e. The first kappa shape index (κ1) is 14.3. The molecular formula is C14H11F3N4O. The van der Waals surface area contributed by atoms with Crippen molar-refractivity contribution in [2.24, 2.45) is 0 Å². The van der Waals surface area contributed by atoms with Gasteiger partial charge in [-0.05, 0) is 24.3 Å². The van der Waals surface area contributed by atoms with Crippen LogP contribution in [0.25, 0.3) is 0 Å². The molecule has 1 aromatic heterocycles. The van der Waals surface area contributed by atoms with E-state index in [0.717, 1.165) is 17.7 Å². The van der Waals surface area contributed by atoms with E-state index >= 15 is 0 Å². The number of fused-ring (bicyclic) bond motifs is 1. The summed E-state index contributed by atoms with van der Waals surface area (Å²) in [5, 5.41) is 0. The predicted octanol–water partition coefficient (Wildman–Crippen LogP) is 2.23. The van der Waals surface area contributed by atoms with Gasteiger partial charge in [0.05, 0.1) is 17.8 Å². The van der Waals surface area contributed by atoms with Gasteiger partial charge in [-0.25, -0.2) is 9.97 Å². The lowest BCUT2D eigenvalue weighted by Crippen LogP contribution is -2.25. The first-order valence-corrected chi connectivity index (χ1v) is 6.41. The van der Waals surface area contributed by atoms with Crippen LogP contribution in [0.1, 0.15) is 27.2 Å². The van der Waals surface area contributed by atoms with Crippen LogP contribution in [0.3, 0.4) is 0 Å². The number of halogens is 3. The van der Waals surface area contributed by atoms with E-state index in [-0.39, 0.29) is 24.0 Å². The summed E-state index contributed by atoms with van der Waals surface area (Å²) in [5.74, 6) is -0.229. The Hall–Kier alpha value is -2.64. The Morgan fingerprint density at radius 2 is 1.86 bits per heavy atom. The quantitative estimate of drug-likeness (QED) is 0.877. The van der Waals surface area contributed by atoms with Crippen LogP contribution in [0.15, 0.2) is 30.5 Å². The topological polar surface area (TPSA) is 72.1 Å². The first-order valence-electron chi connectivity index (χ1n) is 6.41. The fourth-order valence-electron chi connectivity index (χ4n) is 2.30. The standard InChI is InChI=1S/C14H11F3N4O/c15-14(16,17)10-3-1-8(2-4-10)12(22)21-6-9-5-19-13(18)20-11(9)7-21/h1-5H,6-7H2,(H2,18,19,20). The van der Waals surface area contributed by atoms with Gasteiger partial charge in [-0.3, -0.25) is 4.79 Å². The number of nitrogen functional groups attached to an aromatic ring is 1. The van der Waals surface area contributed by atoms with Crippen molar-refractivity contribution in [3.63, 3.8) is 0 Å². The van der Waals surface area contributed by atoms with Crippen molar-refractivity contribution < 1.29 is 18.0 Å². The van der Waals surface area contributed by atoms with Crippen molar-refractivity contribution in [3.05, 3.63) is 52.8 Å². The third-order valence-corrected chi connectivity index (χ3v) is 3.42. The van der Waals surface area contributed by atoms with Crippen LogP contribution in [-0.2, 0) is 19.3 Å². The Bertz CT molecular complexity index is 728. The molecule has 2 N–H and O–H groups in total. The van der Waals surface area contributed by atoms with E-state index < -0.39 is 11.7 Å². The zero-order valence-electron chi connectivity index (χ0n) is 11.3. The number of aromatic nitrogens is 2. The minimum Gasteiger partial charge on any atom is -0.368 e. The van der Waals surface area contributed by atoms with Gasteiger partial charge in [-0.2, -0.15) is 13.2 Å². The van der Waals surface area contributed by atoms with E-state index in [1.54, 1.807) is 6.20 Å². The number of hydrogen-bond donors (Lipinski definition) is 1. The molecule has 2 heterocycles. The monoisotopic (exact) mass is 308 g/mol. The van der Waals surface area contributed by atoms with Crippen molar-refractivity contribution in [2.45, 2.75) is 19.3 Å². The predicted molar refractivity (Wildman–Crippen MR) is 71.5 cm³/mol. The number of carbonyl (C=O) groups is 1. The molecule has 2 aromatic rings. The number of rotatable bonds is 1. The Labute approximate surface area is 123 Å². The molecule has 0 aliphatic carbocycles. The second-order valence-corrected chi connectivity index (χ2v) is 4.94. The highest BCUT2D eigenvalue weighted by Gasteiger charge is 2.31. The largest absolute Gasteiger partial charge is 0.416 e. The number of carbonyl (C=O) groups excluding carboxylic acids is 1. The molecule has 114 valence electrons. The fraction of sp³-hybridized carbons (Fsp3) is 0.214. The van der Waals surface area contributed by atoms with Crippen LogP contribution < -0.4 is 5.73 Å². The average Bonchev–Trinajstić information content (AvgIpc) is 2.88. The van der Waals surface area contributed by atoms with E-state index in [1.165, 1.54) is 17.0 Å². The number of nitrogens with two attached hydrogens (primary N) is 1. The highest BCUT2D eigenvalue weighted by Crippen LogP contribution is 2.29. The second kappa shape index (κ2) is 4.97. The van der Waals surface area contributed by atoms with E-state index in [2.05, 4.69) is 9.97 Å². The fourth-order valence-corrected chi connectivity index (χ4v) is 2.30. The summed E-state index contributed by atoms with van der Waals surface area (Å²) in [4.78, 5) is 21.7. The summed E-state index contributed by atoms with van der Waals surface area (Å²) in [6.07, 6.45) is -2.86. The highest BCUT2D eigenvalue weighted by molar-refractivity contribution is 5.94. The highest BCUT2D eigenvalue weighted by atomic mass is 19.4. The van der Waals surface area contributed by atoms with Crippen LogP contribution in [0.2, 0.25) is 0 Å². The summed E-state index contributed by atoms with van der Waals surface area (Å²) in [6.45, 7) is 0.581. The number of alkyl halides is 3. The van der Waals surface area contributed by atoms with E-state index in [1.807, 2.05) is 0 Å². The van der Waals surface area contributed by atoms with Crippen LogP contribution in [0, 0.1) is 0 Å². The molecule has 0 unspecified atom stereocenters. The Morgan fingerprint density at radius 1 is 1.18 bits per heavy atom. The normalized spacial score (nSPS) is 14.0. The number of nitrogens with zero attached hydrogens (tertiary/aromatic N) is 3. The Balaban J connectivity index is 1.78. The Kier molecular flexibility index (Phi) is 3.23. The molecule has 0 radical (unpaired) electrons. The number of hydrogen-bond acceptors (Lipinski definition) is 4. The molecule has 8 heteroatoms. The van der Waals surface area contributed by atoms with Gasteiger partial charge >= 0.3 is 6.18 Å². The van der Waals surface area contributed by atoms with Crippen LogP contribution in [0.4, 0.5) is 19.1 Å². The van der Waals surface area contributed by atoms with Crippen LogP contribution in [0.5, 0.6) is 0 Å². The van der Waals surface area contributed by atoms with Crippen molar-refractivity contribution in [1.29, 1.82) is 0 Å². The second-order valence-electron chi connectivity index (χ2n) is 4.94. The lowest BCUT2D eigenvalue weighted by Gasteiger charge is -2.15. The first-order chi connectivity index (χ1) is 10.3. The van der Waals surface area contributed by atoms with E-state index in [4.69, 9.17) is 5.73 Å². The molecule has 22 heavy (non-hydrogen) atoms. The van der Waals surface area contributed by atoms with E-state index in [9.17, 15) is 18.0 Å². The van der Waals surface area contributed by atoms with Gasteiger partial charge in [0.25, 0.3) is 5.91 Å². The van der Waals surface area contributed by atoms with E-state index in [0.29, 0.717) is 12.2 Å². The van der Waals surface area contributed by atoms with Crippen molar-refractivity contribution >= 4 is 11.9 Å². The van der Waals surface area contributed by atoms with Gasteiger partial charge in [0.1, 0.15) is 0 Å². The number of benzene rings is 1. The minimum absolute atomic E-state index is 0.127. The summed E-state index contributed by atoms with van der Waals surface area (Å²) in [7, 11) is 0. The van der Waals surface area contributed by atoms with Crippen molar-refractivity contribution in [1.82, 2.24) is 14.9 Å². The lowest BCUT2D eigenvalue weighted by molar-refractivity contribution is -0.137. The van der Waals surface area contributed by atoms with Gasteiger partial charge in [0, 0.05) is 23.9 Å². The molecule has 0 fully saturated rings. The van der Waals surface area contributed by atoms with Gasteiger partial charge in [-0.1, -0.05) is 0 Å². The zero-order valence-corrected chi connectivity index (χ0v) is 11.3. The molecule has 1 aromatic carbocycles. The number of anilines is 1. The summed E-state index contributed by atoms with van der Waals surface area (Å²) >= 11 is 0. The SMILES string of the molecule is Nc1ncc2c(n1)CN(C(=O)c1ccc(C(F)(F)F)cc1)C2. The molecule has 1 aliphatic rings. The number of amides is 1. The third kappa shape index (κ3) is 2.59. The smallest absolute Gasteiger partial charge is 0.368 e. The molecule has 0 saturated heterocycles. The van der Waals surface area contributed by atoms with Gasteiger partial charge < -0.3 is 10.6 Å². The zero-order chi connectivity index (χ0) is 15.9. The van der Waals surface area contributed by atoms with Gasteiger partial charge in [0.2, 0.25) is 5.95 Å². The van der Waals surface area contributed by atoms with Crippen LogP contribution >= 0.6 is 0 Å². The summed E-state index contributed by atoms with van der Waals surface area (Å²) in [5.41, 5.74) is 6.35. The molecular weight excluding hydrogens is 297 g/mol. The maximum atomic E-state index is 12.5. The molecule has 0 bridgehead atoms. The molecule has 3 rings (SSSR count). The molecule has 1 amide bonds. The molecule has 0 saturated carbocycles. The van der Waals surface area contributed by atoms with Crippen molar-refractivity contribution in [3.8, 4) is 0 Å². The Morgan fingerprint density at radius 3 is 2.50 bits per heavy atom. The van der Waals surface area contributed by atoms with Crippen LogP contribution in [-0.4, -0.2) is 20.8 Å². The molecule has 5 nitrogen and oxygen atoms in total. The molecule has 0 atom stereocenters. The summed E-state index contributed by atoms with van der Waals surface area (Å²) < 4.78 is 37.5. The van der Waals surface area contributed by atoms with Crippen molar-refractivity contribution in [2.75, 3.05) is 5.73 Å². The maximum absolute atomic E-state index is 12.5. The van der Waals surface area contributed by atoms with Gasteiger partial charge in [0.15, 0.2) is 0 Å².